The summed E-state index contributed by atoms with van der Waals surface area (Å²) < 4.78 is 2.45. The average molecular weight is 512 g/mol. The molecule has 2 aromatic heterocycles. The molecule has 3 unspecified atom stereocenters. The zero-order chi connectivity index (χ0) is 25.2. The highest BCUT2D eigenvalue weighted by Crippen LogP contribution is 2.42. The van der Waals surface area contributed by atoms with Crippen LogP contribution in [0.2, 0.25) is 0 Å². The Morgan fingerprint density at radius 1 is 1.06 bits per heavy atom. The van der Waals surface area contributed by atoms with Gasteiger partial charge in [-0.2, -0.15) is 0 Å². The molecule has 3 aliphatic rings. The Balaban J connectivity index is 1.18. The van der Waals surface area contributed by atoms with E-state index in [2.05, 4.69) is 64.8 Å². The average Bonchev–Trinajstić information content (AvgIpc) is 3.62. The van der Waals surface area contributed by atoms with E-state index in [0.29, 0.717) is 30.0 Å². The van der Waals surface area contributed by atoms with Crippen molar-refractivity contribution in [2.75, 3.05) is 6.54 Å². The lowest BCUT2D eigenvalue weighted by atomic mass is 9.95. The van der Waals surface area contributed by atoms with Crippen LogP contribution in [-0.2, 0) is 11.2 Å². The quantitative estimate of drug-likeness (QED) is 0.428. The summed E-state index contributed by atoms with van der Waals surface area (Å²) in [6.07, 6.45) is 12.8. The monoisotopic (exact) mass is 511 g/mol. The number of piperidine rings is 1. The fourth-order valence-corrected chi connectivity index (χ4v) is 8.11. The lowest BCUT2D eigenvalue weighted by molar-refractivity contribution is -0.125. The fourth-order valence-electron chi connectivity index (χ4n) is 7.14. The van der Waals surface area contributed by atoms with Gasteiger partial charge < -0.3 is 9.88 Å². The first kappa shape index (κ1) is 25.9. The maximum atomic E-state index is 13.0. The first-order valence-corrected chi connectivity index (χ1v) is 15.2. The molecule has 2 aliphatic heterocycles. The van der Waals surface area contributed by atoms with Crippen LogP contribution < -0.4 is 5.32 Å². The molecule has 6 nitrogen and oxygen atoms in total. The van der Waals surface area contributed by atoms with Crippen LogP contribution in [0.3, 0.4) is 0 Å². The van der Waals surface area contributed by atoms with Crippen LogP contribution in [0, 0.1) is 19.8 Å². The standard InChI is InChI=1S/C29H45N5OS/c1-19(2)28-32-31-21(4)34(28)26-17-24-12-13-25(18-26)33(24)15-7-10-23(16-27-14-11-20(3)36-27)30-29(35)22-8-5-6-9-22/h11,14,19,22-26H,5-10,12-13,15-18H2,1-4H3,(H,30,35). The number of carbonyl (C=O) groups is 1. The second kappa shape index (κ2) is 11.3. The summed E-state index contributed by atoms with van der Waals surface area (Å²) in [5.74, 6) is 3.17. The SMILES string of the molecule is Cc1ccc(CC(CCCN2C3CCC2CC(n2c(C)nnc2C(C)C)C3)NC(=O)C2CCCC2)s1. The van der Waals surface area contributed by atoms with Gasteiger partial charge in [0.05, 0.1) is 0 Å². The molecule has 5 rings (SSSR count). The second-order valence-electron chi connectivity index (χ2n) is 11.9. The van der Waals surface area contributed by atoms with Crippen molar-refractivity contribution in [3.63, 3.8) is 0 Å². The van der Waals surface area contributed by atoms with Gasteiger partial charge in [0.15, 0.2) is 0 Å². The predicted molar refractivity (Wildman–Crippen MR) is 147 cm³/mol. The van der Waals surface area contributed by atoms with Crippen LogP contribution in [0.5, 0.6) is 0 Å². The van der Waals surface area contributed by atoms with Gasteiger partial charge in [0.1, 0.15) is 11.6 Å². The molecular formula is C29H45N5OS. The van der Waals surface area contributed by atoms with Crippen LogP contribution in [0.15, 0.2) is 12.1 Å². The van der Waals surface area contributed by atoms with E-state index in [1.165, 1.54) is 48.3 Å². The normalized spacial score (nSPS) is 25.6. The third-order valence-electron chi connectivity index (χ3n) is 8.92. The van der Waals surface area contributed by atoms with E-state index in [9.17, 15) is 4.79 Å². The van der Waals surface area contributed by atoms with Gasteiger partial charge >= 0.3 is 0 Å². The maximum absolute atomic E-state index is 13.0. The smallest absolute Gasteiger partial charge is 0.223 e. The number of rotatable bonds is 10. The summed E-state index contributed by atoms with van der Waals surface area (Å²) >= 11 is 1.88. The molecule has 1 aliphatic carbocycles. The number of fused-ring (bicyclic) bond motifs is 2. The van der Waals surface area contributed by atoms with Crippen LogP contribution in [0.4, 0.5) is 0 Å². The van der Waals surface area contributed by atoms with Gasteiger partial charge in [0, 0.05) is 52.2 Å². The van der Waals surface area contributed by atoms with E-state index in [-0.39, 0.29) is 12.0 Å². The molecule has 0 spiro atoms. The van der Waals surface area contributed by atoms with Gasteiger partial charge in [-0.1, -0.05) is 26.7 Å². The molecule has 2 aromatic rings. The number of hydrogen-bond acceptors (Lipinski definition) is 5. The van der Waals surface area contributed by atoms with Gasteiger partial charge in [-0.3, -0.25) is 9.69 Å². The molecule has 1 amide bonds. The van der Waals surface area contributed by atoms with Crippen molar-refractivity contribution in [3.05, 3.63) is 33.5 Å². The molecule has 2 bridgehead atoms. The minimum Gasteiger partial charge on any atom is -0.353 e. The topological polar surface area (TPSA) is 63.1 Å². The Bertz CT molecular complexity index is 1010. The van der Waals surface area contributed by atoms with Crippen molar-refractivity contribution in [1.82, 2.24) is 25.0 Å². The molecule has 198 valence electrons. The molecule has 3 atom stereocenters. The lowest BCUT2D eigenvalue weighted by Gasteiger charge is -2.40. The van der Waals surface area contributed by atoms with Crippen molar-refractivity contribution in [1.29, 1.82) is 0 Å². The summed E-state index contributed by atoms with van der Waals surface area (Å²) in [5, 5.41) is 12.4. The number of carbonyl (C=O) groups excluding carboxylic acids is 1. The number of aromatic nitrogens is 3. The van der Waals surface area contributed by atoms with Crippen molar-refractivity contribution in [2.24, 2.45) is 5.92 Å². The fraction of sp³-hybridized carbons (Fsp3) is 0.759. The number of thiophene rings is 1. The minimum atomic E-state index is 0.240. The lowest BCUT2D eigenvalue weighted by Crippen LogP contribution is -2.45. The van der Waals surface area contributed by atoms with E-state index >= 15 is 0 Å². The summed E-state index contributed by atoms with van der Waals surface area (Å²) in [7, 11) is 0. The van der Waals surface area contributed by atoms with Crippen LogP contribution in [-0.4, -0.2) is 50.2 Å². The number of amides is 1. The van der Waals surface area contributed by atoms with E-state index in [1.54, 1.807) is 0 Å². The molecule has 3 fully saturated rings. The van der Waals surface area contributed by atoms with E-state index in [1.807, 2.05) is 11.3 Å². The maximum Gasteiger partial charge on any atom is 0.223 e. The molecular weight excluding hydrogens is 466 g/mol. The first-order valence-electron chi connectivity index (χ1n) is 14.4. The predicted octanol–water partition coefficient (Wildman–Crippen LogP) is 5.95. The number of aryl methyl sites for hydroxylation is 2. The highest BCUT2D eigenvalue weighted by atomic mass is 32.1. The summed E-state index contributed by atoms with van der Waals surface area (Å²) in [6, 6.07) is 6.58. The minimum absolute atomic E-state index is 0.240. The molecule has 4 heterocycles. The van der Waals surface area contributed by atoms with E-state index < -0.39 is 0 Å². The van der Waals surface area contributed by atoms with Crippen LogP contribution in [0.25, 0.3) is 0 Å². The van der Waals surface area contributed by atoms with Gasteiger partial charge in [-0.25, -0.2) is 0 Å². The summed E-state index contributed by atoms with van der Waals surface area (Å²) in [5.41, 5.74) is 0. The van der Waals surface area contributed by atoms with Crippen LogP contribution in [0.1, 0.15) is 111 Å². The van der Waals surface area contributed by atoms with Gasteiger partial charge in [-0.15, -0.1) is 21.5 Å². The molecule has 0 aromatic carbocycles. The molecule has 1 N–H and O–H groups in total. The Labute approximate surface area is 221 Å². The second-order valence-corrected chi connectivity index (χ2v) is 13.3. The van der Waals surface area contributed by atoms with Gasteiger partial charge in [-0.05, 0) is 83.9 Å². The van der Waals surface area contributed by atoms with Gasteiger partial charge in [0.25, 0.3) is 0 Å². The summed E-state index contributed by atoms with van der Waals surface area (Å²) in [6.45, 7) is 9.89. The molecule has 1 saturated carbocycles. The van der Waals surface area contributed by atoms with Gasteiger partial charge in [0.2, 0.25) is 5.91 Å². The third kappa shape index (κ3) is 5.72. The van der Waals surface area contributed by atoms with E-state index in [4.69, 9.17) is 0 Å². The number of nitrogens with zero attached hydrogens (tertiary/aromatic N) is 4. The Kier molecular flexibility index (Phi) is 8.16. The van der Waals surface area contributed by atoms with Crippen molar-refractivity contribution < 1.29 is 4.79 Å². The third-order valence-corrected chi connectivity index (χ3v) is 9.94. The molecule has 36 heavy (non-hydrogen) atoms. The summed E-state index contributed by atoms with van der Waals surface area (Å²) in [4.78, 5) is 18.5. The number of hydrogen-bond donors (Lipinski definition) is 1. The zero-order valence-corrected chi connectivity index (χ0v) is 23.5. The highest BCUT2D eigenvalue weighted by molar-refractivity contribution is 7.11. The molecule has 7 heteroatoms. The Morgan fingerprint density at radius 2 is 1.78 bits per heavy atom. The molecule has 0 radical (unpaired) electrons. The van der Waals surface area contributed by atoms with Crippen molar-refractivity contribution in [2.45, 2.75) is 128 Å². The highest BCUT2D eigenvalue weighted by Gasteiger charge is 2.42. The van der Waals surface area contributed by atoms with Crippen LogP contribution >= 0.6 is 11.3 Å². The zero-order valence-electron chi connectivity index (χ0n) is 22.7. The largest absolute Gasteiger partial charge is 0.353 e. The molecule has 2 saturated heterocycles. The van der Waals surface area contributed by atoms with E-state index in [0.717, 1.165) is 50.3 Å². The Hall–Kier alpha value is -1.73. The Morgan fingerprint density at radius 3 is 2.42 bits per heavy atom. The van der Waals surface area contributed by atoms with Crippen molar-refractivity contribution in [3.8, 4) is 0 Å². The number of nitrogens with one attached hydrogen (secondary N) is 1. The van der Waals surface area contributed by atoms with Crippen molar-refractivity contribution >= 4 is 17.2 Å². The first-order chi connectivity index (χ1) is 17.4.